The minimum absolute atomic E-state index is 0.111. The van der Waals surface area contributed by atoms with Crippen LogP contribution in [0.15, 0.2) is 42.5 Å². The molecule has 2 amide bonds. The lowest BCUT2D eigenvalue weighted by molar-refractivity contribution is -0.122. The van der Waals surface area contributed by atoms with Crippen LogP contribution in [0, 0.1) is 5.92 Å². The first-order valence-electron chi connectivity index (χ1n) is 7.68. The van der Waals surface area contributed by atoms with E-state index in [9.17, 15) is 9.59 Å². The number of ether oxygens (including phenoxy) is 1. The van der Waals surface area contributed by atoms with Gasteiger partial charge in [0.25, 0.3) is 0 Å². The molecule has 1 atom stereocenters. The van der Waals surface area contributed by atoms with Crippen molar-refractivity contribution in [3.05, 3.63) is 52.5 Å². The Hall–Kier alpha value is -2.24. The van der Waals surface area contributed by atoms with Gasteiger partial charge in [-0.15, -0.1) is 0 Å². The van der Waals surface area contributed by atoms with E-state index >= 15 is 0 Å². The summed E-state index contributed by atoms with van der Waals surface area (Å²) in [5.41, 5.74) is 1.17. The maximum atomic E-state index is 12.6. The van der Waals surface area contributed by atoms with Gasteiger partial charge in [-0.2, -0.15) is 0 Å². The third-order valence-corrected chi connectivity index (χ3v) is 4.51. The molecule has 1 saturated heterocycles. The number of anilines is 2. The van der Waals surface area contributed by atoms with Gasteiger partial charge < -0.3 is 15.0 Å². The number of nitrogens with one attached hydrogen (secondary N) is 1. The molecule has 1 fully saturated rings. The molecule has 2 aromatic rings. The van der Waals surface area contributed by atoms with Gasteiger partial charge in [0.1, 0.15) is 5.75 Å². The van der Waals surface area contributed by atoms with E-state index in [4.69, 9.17) is 27.9 Å². The van der Waals surface area contributed by atoms with E-state index in [-0.39, 0.29) is 18.2 Å². The number of hydrogen-bond acceptors (Lipinski definition) is 3. The predicted octanol–water partition coefficient (Wildman–Crippen LogP) is 3.99. The molecule has 1 aliphatic heterocycles. The molecule has 130 valence electrons. The summed E-state index contributed by atoms with van der Waals surface area (Å²) >= 11 is 12.0. The molecule has 7 heteroatoms. The van der Waals surface area contributed by atoms with E-state index in [1.807, 2.05) is 0 Å². The Morgan fingerprint density at radius 1 is 1.20 bits per heavy atom. The first-order valence-corrected chi connectivity index (χ1v) is 8.44. The van der Waals surface area contributed by atoms with Crippen molar-refractivity contribution in [1.82, 2.24) is 0 Å². The van der Waals surface area contributed by atoms with Gasteiger partial charge in [0.2, 0.25) is 11.8 Å². The van der Waals surface area contributed by atoms with Gasteiger partial charge in [-0.25, -0.2) is 0 Å². The van der Waals surface area contributed by atoms with Crippen molar-refractivity contribution in [1.29, 1.82) is 0 Å². The third kappa shape index (κ3) is 3.89. The minimum Gasteiger partial charge on any atom is -0.495 e. The topological polar surface area (TPSA) is 58.6 Å². The molecule has 0 unspecified atom stereocenters. The van der Waals surface area contributed by atoms with Crippen molar-refractivity contribution in [3.8, 4) is 5.75 Å². The van der Waals surface area contributed by atoms with Crippen molar-refractivity contribution >= 4 is 46.4 Å². The van der Waals surface area contributed by atoms with E-state index in [1.54, 1.807) is 47.4 Å². The summed E-state index contributed by atoms with van der Waals surface area (Å²) in [6, 6.07) is 12.0. The highest BCUT2D eigenvalue weighted by molar-refractivity contribution is 6.31. The average molecular weight is 379 g/mol. The molecule has 0 spiro atoms. The molecule has 5 nitrogen and oxygen atoms in total. The summed E-state index contributed by atoms with van der Waals surface area (Å²) < 4.78 is 5.22. The molecule has 1 aliphatic rings. The normalized spacial score (nSPS) is 16.8. The van der Waals surface area contributed by atoms with Gasteiger partial charge in [0, 0.05) is 28.7 Å². The minimum atomic E-state index is -0.463. The lowest BCUT2D eigenvalue weighted by atomic mass is 10.1. The lowest BCUT2D eigenvalue weighted by Crippen LogP contribution is -2.28. The summed E-state index contributed by atoms with van der Waals surface area (Å²) in [5, 5.41) is 3.82. The Kier molecular flexibility index (Phi) is 5.16. The van der Waals surface area contributed by atoms with Gasteiger partial charge in [-0.3, -0.25) is 9.59 Å². The second-order valence-electron chi connectivity index (χ2n) is 5.72. The Bertz CT molecular complexity index is 826. The molecular formula is C18H16Cl2N2O3. The van der Waals surface area contributed by atoms with Crippen LogP contribution in [0.5, 0.6) is 5.75 Å². The summed E-state index contributed by atoms with van der Waals surface area (Å²) in [6.45, 7) is 0.299. The quantitative estimate of drug-likeness (QED) is 0.874. The van der Waals surface area contributed by atoms with Gasteiger partial charge >= 0.3 is 0 Å². The van der Waals surface area contributed by atoms with Crippen LogP contribution >= 0.6 is 23.2 Å². The van der Waals surface area contributed by atoms with E-state index in [1.165, 1.54) is 7.11 Å². The van der Waals surface area contributed by atoms with Crippen molar-refractivity contribution in [2.75, 3.05) is 23.9 Å². The summed E-state index contributed by atoms with van der Waals surface area (Å²) in [4.78, 5) is 26.4. The number of carbonyl (C=O) groups excluding carboxylic acids is 2. The summed E-state index contributed by atoms with van der Waals surface area (Å²) in [6.07, 6.45) is 0.140. The van der Waals surface area contributed by atoms with Crippen LogP contribution in [0.3, 0.4) is 0 Å². The molecule has 0 bridgehead atoms. The molecule has 0 saturated carbocycles. The highest BCUT2D eigenvalue weighted by Crippen LogP contribution is 2.31. The van der Waals surface area contributed by atoms with Gasteiger partial charge in [-0.1, -0.05) is 29.3 Å². The number of nitrogens with zero attached hydrogens (tertiary/aromatic N) is 1. The zero-order valence-corrected chi connectivity index (χ0v) is 15.0. The van der Waals surface area contributed by atoms with Crippen molar-refractivity contribution in [2.24, 2.45) is 5.92 Å². The number of amides is 2. The van der Waals surface area contributed by atoms with E-state index < -0.39 is 5.92 Å². The molecule has 0 aromatic heterocycles. The van der Waals surface area contributed by atoms with Crippen LogP contribution in [0.1, 0.15) is 6.42 Å². The molecule has 1 N–H and O–H groups in total. The Balaban J connectivity index is 1.74. The predicted molar refractivity (Wildman–Crippen MR) is 98.5 cm³/mol. The molecule has 25 heavy (non-hydrogen) atoms. The van der Waals surface area contributed by atoms with Crippen LogP contribution in [0.2, 0.25) is 10.0 Å². The maximum Gasteiger partial charge on any atom is 0.229 e. The van der Waals surface area contributed by atoms with Crippen LogP contribution in [-0.2, 0) is 9.59 Å². The molecule has 2 aromatic carbocycles. The number of hydrogen-bond donors (Lipinski definition) is 1. The fourth-order valence-corrected chi connectivity index (χ4v) is 3.15. The van der Waals surface area contributed by atoms with E-state index in [0.29, 0.717) is 33.7 Å². The van der Waals surface area contributed by atoms with Crippen molar-refractivity contribution < 1.29 is 14.3 Å². The van der Waals surface area contributed by atoms with Crippen molar-refractivity contribution in [2.45, 2.75) is 6.42 Å². The fourth-order valence-electron chi connectivity index (χ4n) is 2.79. The maximum absolute atomic E-state index is 12.6. The van der Waals surface area contributed by atoms with E-state index in [2.05, 4.69) is 5.32 Å². The van der Waals surface area contributed by atoms with E-state index in [0.717, 1.165) is 0 Å². The number of halogens is 2. The molecule has 3 rings (SSSR count). The second-order valence-corrected chi connectivity index (χ2v) is 6.59. The summed E-state index contributed by atoms with van der Waals surface area (Å²) in [7, 11) is 1.51. The molecule has 0 aliphatic carbocycles. The highest BCUT2D eigenvalue weighted by Gasteiger charge is 2.35. The zero-order valence-electron chi connectivity index (χ0n) is 13.5. The first-order chi connectivity index (χ1) is 12.0. The molecule has 1 heterocycles. The van der Waals surface area contributed by atoms with Crippen LogP contribution in [0.4, 0.5) is 11.4 Å². The van der Waals surface area contributed by atoms with Crippen LogP contribution in [0.25, 0.3) is 0 Å². The van der Waals surface area contributed by atoms with Gasteiger partial charge in [-0.05, 0) is 36.4 Å². The van der Waals surface area contributed by atoms with Gasteiger partial charge in [0.15, 0.2) is 0 Å². The number of methoxy groups -OCH3 is 1. The van der Waals surface area contributed by atoms with Crippen molar-refractivity contribution in [3.63, 3.8) is 0 Å². The lowest BCUT2D eigenvalue weighted by Gasteiger charge is -2.17. The SMILES string of the molecule is COc1ccc(Cl)cc1NC(=O)[C@H]1CC(=O)N(c2cccc(Cl)c2)C1. The number of rotatable bonds is 4. The largest absolute Gasteiger partial charge is 0.495 e. The monoisotopic (exact) mass is 378 g/mol. The smallest absolute Gasteiger partial charge is 0.229 e. The molecule has 0 radical (unpaired) electrons. The zero-order chi connectivity index (χ0) is 18.0. The Labute approximate surface area is 155 Å². The Morgan fingerprint density at radius 3 is 2.68 bits per heavy atom. The van der Waals surface area contributed by atoms with Crippen LogP contribution < -0.4 is 15.0 Å². The van der Waals surface area contributed by atoms with Gasteiger partial charge in [0.05, 0.1) is 18.7 Å². The van der Waals surface area contributed by atoms with Crippen LogP contribution in [-0.4, -0.2) is 25.5 Å². The Morgan fingerprint density at radius 2 is 1.96 bits per heavy atom. The fraction of sp³-hybridized carbons (Fsp3) is 0.222. The average Bonchev–Trinajstić information content (AvgIpc) is 2.97. The standard InChI is InChI=1S/C18H16Cl2N2O3/c1-25-16-6-5-13(20)9-15(16)21-18(24)11-7-17(23)22(10-11)14-4-2-3-12(19)8-14/h2-6,8-9,11H,7,10H2,1H3,(H,21,24)/t11-/m0/s1. The number of carbonyl (C=O) groups is 2. The summed E-state index contributed by atoms with van der Waals surface area (Å²) in [5.74, 6) is -0.317. The highest BCUT2D eigenvalue weighted by atomic mass is 35.5. The molecular weight excluding hydrogens is 363 g/mol. The third-order valence-electron chi connectivity index (χ3n) is 4.04. The number of benzene rings is 2. The second kappa shape index (κ2) is 7.33. The first kappa shape index (κ1) is 17.6.